The standard InChI is InChI=1S/C17H25N3O3/c1-3-14-6-4-5-7-15(14)23-13-17(22)20-10-8-19(9-11-20)12-16(21)18-2/h4-7H,3,8-13H2,1-2H3,(H,18,21). The average Bonchev–Trinajstić information content (AvgIpc) is 2.60. The van der Waals surface area contributed by atoms with Gasteiger partial charge in [0.05, 0.1) is 6.54 Å². The molecule has 6 nitrogen and oxygen atoms in total. The Morgan fingerprint density at radius 3 is 2.52 bits per heavy atom. The Morgan fingerprint density at radius 2 is 1.87 bits per heavy atom. The number of nitrogens with one attached hydrogen (secondary N) is 1. The topological polar surface area (TPSA) is 61.9 Å². The van der Waals surface area contributed by atoms with Gasteiger partial charge in [-0.25, -0.2) is 0 Å². The predicted octanol–water partition coefficient (Wildman–Crippen LogP) is 0.518. The lowest BCUT2D eigenvalue weighted by molar-refractivity contribution is -0.135. The first-order chi connectivity index (χ1) is 11.1. The van der Waals surface area contributed by atoms with Crippen molar-refractivity contribution in [2.24, 2.45) is 0 Å². The van der Waals surface area contributed by atoms with Crippen molar-refractivity contribution in [2.75, 3.05) is 46.4 Å². The van der Waals surface area contributed by atoms with Crippen LogP contribution in [0.4, 0.5) is 0 Å². The molecule has 1 fully saturated rings. The van der Waals surface area contributed by atoms with Gasteiger partial charge in [0.25, 0.3) is 5.91 Å². The van der Waals surface area contributed by atoms with Crippen LogP contribution in [0.2, 0.25) is 0 Å². The van der Waals surface area contributed by atoms with Crippen molar-refractivity contribution in [3.05, 3.63) is 29.8 Å². The maximum atomic E-state index is 12.3. The third-order valence-electron chi connectivity index (χ3n) is 4.08. The summed E-state index contributed by atoms with van der Waals surface area (Å²) in [7, 11) is 1.63. The number of nitrogens with zero attached hydrogens (tertiary/aromatic N) is 2. The number of carbonyl (C=O) groups is 2. The number of ether oxygens (including phenoxy) is 1. The highest BCUT2D eigenvalue weighted by atomic mass is 16.5. The minimum absolute atomic E-state index is 0.00397. The van der Waals surface area contributed by atoms with E-state index in [-0.39, 0.29) is 18.4 Å². The summed E-state index contributed by atoms with van der Waals surface area (Å²) in [6.45, 7) is 5.21. The molecule has 0 aliphatic carbocycles. The molecule has 0 atom stereocenters. The van der Waals surface area contributed by atoms with Crippen LogP contribution in [-0.2, 0) is 16.0 Å². The van der Waals surface area contributed by atoms with Gasteiger partial charge in [-0.2, -0.15) is 0 Å². The van der Waals surface area contributed by atoms with Crippen LogP contribution in [0.3, 0.4) is 0 Å². The van der Waals surface area contributed by atoms with Gasteiger partial charge in [0, 0.05) is 33.2 Å². The van der Waals surface area contributed by atoms with Gasteiger partial charge in [-0.05, 0) is 18.1 Å². The minimum Gasteiger partial charge on any atom is -0.483 e. The largest absolute Gasteiger partial charge is 0.483 e. The Morgan fingerprint density at radius 1 is 1.17 bits per heavy atom. The first kappa shape index (κ1) is 17.3. The highest BCUT2D eigenvalue weighted by Crippen LogP contribution is 2.18. The van der Waals surface area contributed by atoms with Gasteiger partial charge in [0.15, 0.2) is 6.61 Å². The zero-order valence-corrected chi connectivity index (χ0v) is 13.9. The predicted molar refractivity (Wildman–Crippen MR) is 88.4 cm³/mol. The number of piperazine rings is 1. The molecule has 0 saturated carbocycles. The van der Waals surface area contributed by atoms with Crippen molar-refractivity contribution in [3.63, 3.8) is 0 Å². The molecule has 1 aliphatic rings. The number of hydrogen-bond acceptors (Lipinski definition) is 4. The van der Waals surface area contributed by atoms with Crippen LogP contribution in [0.5, 0.6) is 5.75 Å². The Bertz CT molecular complexity index is 540. The molecule has 1 aromatic rings. The molecule has 23 heavy (non-hydrogen) atoms. The molecule has 6 heteroatoms. The first-order valence-electron chi connectivity index (χ1n) is 8.05. The van der Waals surface area contributed by atoms with E-state index >= 15 is 0 Å². The molecule has 1 aliphatic heterocycles. The van der Waals surface area contributed by atoms with Crippen LogP contribution >= 0.6 is 0 Å². The molecule has 126 valence electrons. The Kier molecular flexibility index (Phi) is 6.40. The molecule has 0 aromatic heterocycles. The van der Waals surface area contributed by atoms with Crippen LogP contribution in [0, 0.1) is 0 Å². The summed E-state index contributed by atoms with van der Waals surface area (Å²) in [5, 5.41) is 2.61. The van der Waals surface area contributed by atoms with Crippen LogP contribution in [0.1, 0.15) is 12.5 Å². The van der Waals surface area contributed by atoms with Crippen molar-refractivity contribution in [1.82, 2.24) is 15.1 Å². The zero-order chi connectivity index (χ0) is 16.7. The lowest BCUT2D eigenvalue weighted by Crippen LogP contribution is -2.51. The van der Waals surface area contributed by atoms with E-state index in [0.29, 0.717) is 32.7 Å². The van der Waals surface area contributed by atoms with E-state index in [0.717, 1.165) is 17.7 Å². The number of amides is 2. The summed E-state index contributed by atoms with van der Waals surface area (Å²) in [5.74, 6) is 0.779. The molecule has 1 heterocycles. The molecule has 2 amide bonds. The van der Waals surface area contributed by atoms with Gasteiger partial charge < -0.3 is 15.0 Å². The van der Waals surface area contributed by atoms with Crippen LogP contribution in [0.25, 0.3) is 0 Å². The molecule has 0 unspecified atom stereocenters. The number of likely N-dealkylation sites (N-methyl/N-ethyl adjacent to an activating group) is 1. The second-order valence-electron chi connectivity index (χ2n) is 5.58. The minimum atomic E-state index is -0.00417. The SMILES string of the molecule is CCc1ccccc1OCC(=O)N1CCN(CC(=O)NC)CC1. The molecule has 1 N–H and O–H groups in total. The van der Waals surface area contributed by atoms with Crippen molar-refractivity contribution >= 4 is 11.8 Å². The Labute approximate surface area is 137 Å². The molecular weight excluding hydrogens is 294 g/mol. The van der Waals surface area contributed by atoms with E-state index in [1.807, 2.05) is 24.3 Å². The van der Waals surface area contributed by atoms with E-state index in [1.165, 1.54) is 0 Å². The molecular formula is C17H25N3O3. The van der Waals surface area contributed by atoms with Gasteiger partial charge in [0.2, 0.25) is 5.91 Å². The average molecular weight is 319 g/mol. The maximum Gasteiger partial charge on any atom is 0.260 e. The fraction of sp³-hybridized carbons (Fsp3) is 0.529. The summed E-state index contributed by atoms with van der Waals surface area (Å²) < 4.78 is 5.68. The molecule has 0 bridgehead atoms. The lowest BCUT2D eigenvalue weighted by atomic mass is 10.1. The summed E-state index contributed by atoms with van der Waals surface area (Å²) in [5.41, 5.74) is 1.11. The normalized spacial score (nSPS) is 15.3. The van der Waals surface area contributed by atoms with Crippen LogP contribution in [-0.4, -0.2) is 68.0 Å². The molecule has 0 radical (unpaired) electrons. The number of hydrogen-bond donors (Lipinski definition) is 1. The summed E-state index contributed by atoms with van der Waals surface area (Å²) in [6.07, 6.45) is 0.878. The Balaban J connectivity index is 1.78. The van der Waals surface area contributed by atoms with E-state index < -0.39 is 0 Å². The van der Waals surface area contributed by atoms with Crippen molar-refractivity contribution in [1.29, 1.82) is 0 Å². The fourth-order valence-electron chi connectivity index (χ4n) is 2.61. The highest BCUT2D eigenvalue weighted by molar-refractivity contribution is 5.78. The van der Waals surface area contributed by atoms with Crippen molar-refractivity contribution < 1.29 is 14.3 Å². The van der Waals surface area contributed by atoms with E-state index in [4.69, 9.17) is 4.74 Å². The van der Waals surface area contributed by atoms with E-state index in [9.17, 15) is 9.59 Å². The second-order valence-corrected chi connectivity index (χ2v) is 5.58. The van der Waals surface area contributed by atoms with E-state index in [1.54, 1.807) is 11.9 Å². The summed E-state index contributed by atoms with van der Waals surface area (Å²) in [6, 6.07) is 7.79. The number of aryl methyl sites for hydroxylation is 1. The number of benzene rings is 1. The first-order valence-corrected chi connectivity index (χ1v) is 8.05. The monoisotopic (exact) mass is 319 g/mol. The molecule has 2 rings (SSSR count). The maximum absolute atomic E-state index is 12.3. The van der Waals surface area contributed by atoms with Crippen LogP contribution < -0.4 is 10.1 Å². The number of rotatable bonds is 6. The van der Waals surface area contributed by atoms with Gasteiger partial charge in [-0.3, -0.25) is 14.5 Å². The van der Waals surface area contributed by atoms with Gasteiger partial charge >= 0.3 is 0 Å². The smallest absolute Gasteiger partial charge is 0.260 e. The van der Waals surface area contributed by atoms with Gasteiger partial charge in [-0.15, -0.1) is 0 Å². The van der Waals surface area contributed by atoms with Crippen molar-refractivity contribution in [3.8, 4) is 5.75 Å². The van der Waals surface area contributed by atoms with E-state index in [2.05, 4.69) is 17.1 Å². The summed E-state index contributed by atoms with van der Waals surface area (Å²) >= 11 is 0. The fourth-order valence-corrected chi connectivity index (χ4v) is 2.61. The lowest BCUT2D eigenvalue weighted by Gasteiger charge is -2.34. The quantitative estimate of drug-likeness (QED) is 0.830. The zero-order valence-electron chi connectivity index (χ0n) is 13.9. The molecule has 1 aromatic carbocycles. The second kappa shape index (κ2) is 8.53. The Hall–Kier alpha value is -2.08. The van der Waals surface area contributed by atoms with Gasteiger partial charge in [-0.1, -0.05) is 25.1 Å². The van der Waals surface area contributed by atoms with Crippen LogP contribution in [0.15, 0.2) is 24.3 Å². The third-order valence-corrected chi connectivity index (χ3v) is 4.08. The number of carbonyl (C=O) groups excluding carboxylic acids is 2. The highest BCUT2D eigenvalue weighted by Gasteiger charge is 2.22. The summed E-state index contributed by atoms with van der Waals surface area (Å²) in [4.78, 5) is 27.5. The van der Waals surface area contributed by atoms with Gasteiger partial charge in [0.1, 0.15) is 5.75 Å². The molecule has 1 saturated heterocycles. The number of para-hydroxylation sites is 1. The van der Waals surface area contributed by atoms with Crippen molar-refractivity contribution in [2.45, 2.75) is 13.3 Å². The molecule has 0 spiro atoms. The third kappa shape index (κ3) is 4.96.